The van der Waals surface area contributed by atoms with Gasteiger partial charge in [0.15, 0.2) is 0 Å². The monoisotopic (exact) mass is 577 g/mol. The smallest absolute Gasteiger partial charge is 0.0476 e. The maximum atomic E-state index is 7.05. The first-order valence-corrected chi connectivity index (χ1v) is 15.8. The molecule has 0 bridgehead atoms. The Kier molecular flexibility index (Phi) is 6.25. The molecule has 8 rings (SSSR count). The van der Waals surface area contributed by atoms with Crippen molar-refractivity contribution in [3.8, 4) is 44.5 Å². The van der Waals surface area contributed by atoms with E-state index in [0.29, 0.717) is 0 Å². The molecule has 0 unspecified atom stereocenters. The predicted molar refractivity (Wildman–Crippen MR) is 194 cm³/mol. The molecule has 7 aromatic rings. The van der Waals surface area contributed by atoms with Crippen LogP contribution in [-0.2, 0) is 5.41 Å². The predicted octanol–water partition coefficient (Wildman–Crippen LogP) is 11.9. The van der Waals surface area contributed by atoms with Crippen LogP contribution >= 0.6 is 0 Å². The molecule has 0 saturated carbocycles. The van der Waals surface area contributed by atoms with E-state index in [9.17, 15) is 0 Å². The highest BCUT2D eigenvalue weighted by molar-refractivity contribution is 6.21. The Morgan fingerprint density at radius 1 is 0.489 bits per heavy atom. The summed E-state index contributed by atoms with van der Waals surface area (Å²) in [4.78, 5) is 0. The second-order valence-electron chi connectivity index (χ2n) is 12.6. The van der Waals surface area contributed by atoms with E-state index in [1.807, 2.05) is 0 Å². The number of anilines is 1. The van der Waals surface area contributed by atoms with Gasteiger partial charge in [-0.25, -0.2) is 0 Å². The van der Waals surface area contributed by atoms with Crippen molar-refractivity contribution < 1.29 is 0 Å². The maximum Gasteiger partial charge on any atom is 0.0476 e. The Morgan fingerprint density at radius 3 is 1.56 bits per heavy atom. The highest BCUT2D eigenvalue weighted by Crippen LogP contribution is 2.54. The topological polar surface area (TPSA) is 26.0 Å². The summed E-state index contributed by atoms with van der Waals surface area (Å²) >= 11 is 0. The normalized spacial score (nSPS) is 13.4. The Hall–Kier alpha value is -5.40. The second kappa shape index (κ2) is 10.4. The van der Waals surface area contributed by atoms with Gasteiger partial charge in [-0.3, -0.25) is 0 Å². The molecule has 1 aliphatic carbocycles. The van der Waals surface area contributed by atoms with Crippen LogP contribution in [0.1, 0.15) is 37.5 Å². The van der Waals surface area contributed by atoms with Gasteiger partial charge in [-0.15, -0.1) is 0 Å². The van der Waals surface area contributed by atoms with Crippen molar-refractivity contribution in [1.82, 2.24) is 0 Å². The van der Waals surface area contributed by atoms with E-state index in [2.05, 4.69) is 166 Å². The first kappa shape index (κ1) is 27.2. The summed E-state index contributed by atoms with van der Waals surface area (Å²) in [7, 11) is 0. The Balaban J connectivity index is 1.33. The van der Waals surface area contributed by atoms with Crippen LogP contribution in [0.5, 0.6) is 0 Å². The Morgan fingerprint density at radius 2 is 0.978 bits per heavy atom. The van der Waals surface area contributed by atoms with E-state index in [-0.39, 0.29) is 5.41 Å². The number of nitrogens with two attached hydrogens (primary N) is 1. The zero-order valence-electron chi connectivity index (χ0n) is 25.9. The van der Waals surface area contributed by atoms with Crippen molar-refractivity contribution in [3.63, 3.8) is 0 Å². The third kappa shape index (κ3) is 4.08. The van der Waals surface area contributed by atoms with Gasteiger partial charge in [0, 0.05) is 22.2 Å². The summed E-state index contributed by atoms with van der Waals surface area (Å²) in [6.45, 7) is 6.69. The van der Waals surface area contributed by atoms with Crippen LogP contribution < -0.4 is 5.73 Å². The number of allylic oxidation sites excluding steroid dienone is 1. The number of rotatable bonds is 4. The molecule has 216 valence electrons. The molecule has 0 radical (unpaired) electrons. The zero-order chi connectivity index (χ0) is 30.7. The van der Waals surface area contributed by atoms with Crippen molar-refractivity contribution in [3.05, 3.63) is 156 Å². The third-order valence-electron chi connectivity index (χ3n) is 9.76. The molecule has 0 aliphatic heterocycles. The van der Waals surface area contributed by atoms with Crippen LogP contribution in [-0.4, -0.2) is 0 Å². The van der Waals surface area contributed by atoms with Crippen LogP contribution in [0.4, 0.5) is 5.69 Å². The number of benzene rings is 7. The molecule has 0 saturated heterocycles. The lowest BCUT2D eigenvalue weighted by Gasteiger charge is -2.23. The van der Waals surface area contributed by atoms with Crippen molar-refractivity contribution in [2.24, 2.45) is 0 Å². The minimum atomic E-state index is -0.123. The number of nitrogen functional groups attached to an aromatic ring is 1. The molecule has 0 amide bonds. The Labute approximate surface area is 265 Å². The molecule has 1 heteroatoms. The minimum absolute atomic E-state index is 0.123. The van der Waals surface area contributed by atoms with Crippen LogP contribution in [0.15, 0.2) is 140 Å². The molecule has 0 spiro atoms. The molecule has 0 aromatic heterocycles. The van der Waals surface area contributed by atoms with Gasteiger partial charge in [-0.2, -0.15) is 0 Å². The summed E-state index contributed by atoms with van der Waals surface area (Å²) in [6.07, 6.45) is 4.25. The lowest BCUT2D eigenvalue weighted by atomic mass is 9.80. The van der Waals surface area contributed by atoms with Gasteiger partial charge in [0.25, 0.3) is 0 Å². The summed E-state index contributed by atoms with van der Waals surface area (Å²) in [5, 5.41) is 5.06. The van der Waals surface area contributed by atoms with E-state index in [4.69, 9.17) is 5.73 Å². The first-order chi connectivity index (χ1) is 22.0. The zero-order valence-corrected chi connectivity index (χ0v) is 25.9. The van der Waals surface area contributed by atoms with Gasteiger partial charge >= 0.3 is 0 Å². The van der Waals surface area contributed by atoms with Crippen LogP contribution in [0.3, 0.4) is 0 Å². The largest absolute Gasteiger partial charge is 0.398 e. The van der Waals surface area contributed by atoms with Gasteiger partial charge < -0.3 is 5.73 Å². The van der Waals surface area contributed by atoms with Crippen LogP contribution in [0, 0.1) is 0 Å². The van der Waals surface area contributed by atoms with Gasteiger partial charge in [-0.05, 0) is 84.6 Å². The van der Waals surface area contributed by atoms with E-state index >= 15 is 0 Å². The van der Waals surface area contributed by atoms with Crippen LogP contribution in [0.2, 0.25) is 0 Å². The molecule has 0 heterocycles. The molecule has 1 aliphatic rings. The van der Waals surface area contributed by atoms with Gasteiger partial charge in [0.1, 0.15) is 0 Å². The van der Waals surface area contributed by atoms with Crippen molar-refractivity contribution in [1.29, 1.82) is 0 Å². The fourth-order valence-electron chi connectivity index (χ4n) is 7.65. The Bertz CT molecular complexity index is 2230. The first-order valence-electron chi connectivity index (χ1n) is 15.8. The average Bonchev–Trinajstić information content (AvgIpc) is 3.31. The maximum absolute atomic E-state index is 7.05. The van der Waals surface area contributed by atoms with Crippen molar-refractivity contribution in [2.75, 3.05) is 5.73 Å². The second-order valence-corrected chi connectivity index (χ2v) is 12.6. The number of fused-ring (bicyclic) bond motifs is 5. The van der Waals surface area contributed by atoms with Crippen molar-refractivity contribution in [2.45, 2.75) is 26.2 Å². The number of hydrogen-bond donors (Lipinski definition) is 1. The summed E-state index contributed by atoms with van der Waals surface area (Å²) in [5.41, 5.74) is 21.3. The highest BCUT2D eigenvalue weighted by Gasteiger charge is 2.37. The van der Waals surface area contributed by atoms with Gasteiger partial charge in [0.2, 0.25) is 0 Å². The minimum Gasteiger partial charge on any atom is -0.398 e. The molecule has 7 aromatic carbocycles. The summed E-state index contributed by atoms with van der Waals surface area (Å²) < 4.78 is 0. The molecular formula is C44H35N. The number of hydrogen-bond acceptors (Lipinski definition) is 1. The lowest BCUT2D eigenvalue weighted by molar-refractivity contribution is 0.660. The fraction of sp³-hybridized carbons (Fsp3) is 0.0909. The highest BCUT2D eigenvalue weighted by atomic mass is 14.6. The molecule has 0 fully saturated rings. The SMILES string of the molecule is C/C=C\c1c(-c2ccc(-c3c4ccccc4c(-c4ccccc4)c4ccccc34)cc2)cc2c(c1N)-c1ccccc1C2(C)C. The molecule has 0 atom stereocenters. The van der Waals surface area contributed by atoms with E-state index in [0.717, 1.165) is 11.3 Å². The van der Waals surface area contributed by atoms with Crippen LogP contribution in [0.25, 0.3) is 72.1 Å². The fourth-order valence-corrected chi connectivity index (χ4v) is 7.65. The summed E-state index contributed by atoms with van der Waals surface area (Å²) in [5.74, 6) is 0. The van der Waals surface area contributed by atoms with E-state index < -0.39 is 0 Å². The molecule has 45 heavy (non-hydrogen) atoms. The summed E-state index contributed by atoms with van der Waals surface area (Å²) in [6, 6.07) is 48.6. The van der Waals surface area contributed by atoms with Gasteiger partial charge in [0.05, 0.1) is 0 Å². The quantitative estimate of drug-likeness (QED) is 0.163. The average molecular weight is 578 g/mol. The van der Waals surface area contributed by atoms with Gasteiger partial charge in [-0.1, -0.05) is 153 Å². The standard InChI is InChI=1S/C44H35N/c1-4-14-35-37(27-39-42(43(35)45)36-21-12-13-22-38(36)44(39,2)3)28-23-25-30(26-24-28)41-33-19-10-8-17-31(33)40(29-15-6-5-7-16-29)32-18-9-11-20-34(32)41/h4-27H,45H2,1-3H3/b14-4-. The lowest BCUT2D eigenvalue weighted by Crippen LogP contribution is -2.15. The molecule has 1 nitrogen and oxygen atoms in total. The third-order valence-corrected chi connectivity index (χ3v) is 9.76. The van der Waals surface area contributed by atoms with E-state index in [1.54, 1.807) is 0 Å². The van der Waals surface area contributed by atoms with Crippen molar-refractivity contribution >= 4 is 33.3 Å². The molecular weight excluding hydrogens is 542 g/mol. The molecule has 2 N–H and O–H groups in total. The van der Waals surface area contributed by atoms with E-state index in [1.165, 1.54) is 77.2 Å².